The van der Waals surface area contributed by atoms with Gasteiger partial charge >= 0.3 is 5.97 Å². The van der Waals surface area contributed by atoms with Crippen molar-refractivity contribution in [2.75, 3.05) is 0 Å². The summed E-state index contributed by atoms with van der Waals surface area (Å²) in [6, 6.07) is 17.0. The first-order valence-electron chi connectivity index (χ1n) is 8.34. The number of H-pyrrole nitrogens is 1. The second-order valence-corrected chi connectivity index (χ2v) is 5.91. The Kier molecular flexibility index (Phi) is 5.47. The van der Waals surface area contributed by atoms with Gasteiger partial charge in [-0.15, -0.1) is 0 Å². The van der Waals surface area contributed by atoms with Crippen LogP contribution in [0.3, 0.4) is 0 Å². The number of aromatic nitrogens is 2. The summed E-state index contributed by atoms with van der Waals surface area (Å²) in [5, 5.41) is 8.86. The Hall–Kier alpha value is -3.67. The number of nitrogens with one attached hydrogen (secondary N) is 1. The van der Waals surface area contributed by atoms with E-state index in [1.807, 2.05) is 54.6 Å². The molecule has 1 aromatic heterocycles. The molecule has 0 saturated carbocycles. The van der Waals surface area contributed by atoms with Crippen LogP contribution in [0.5, 0.6) is 11.5 Å². The van der Waals surface area contributed by atoms with Crippen LogP contribution >= 0.6 is 0 Å². The molecule has 0 amide bonds. The van der Waals surface area contributed by atoms with Crippen LogP contribution in [0.25, 0.3) is 12.2 Å². The molecule has 0 unspecified atom stereocenters. The van der Waals surface area contributed by atoms with E-state index in [1.165, 1.54) is 0 Å². The van der Waals surface area contributed by atoms with Crippen LogP contribution in [0.4, 0.5) is 0 Å². The smallest absolute Gasteiger partial charge is 0.308 e. The molecule has 6 heteroatoms. The van der Waals surface area contributed by atoms with Crippen molar-refractivity contribution in [3.63, 3.8) is 0 Å². The molecule has 27 heavy (non-hydrogen) atoms. The van der Waals surface area contributed by atoms with Gasteiger partial charge in [-0.05, 0) is 42.8 Å². The fraction of sp³-hybridized carbons (Fsp3) is 0.0952. The van der Waals surface area contributed by atoms with Gasteiger partial charge in [0.15, 0.2) is 0 Å². The number of para-hydroxylation sites is 1. The van der Waals surface area contributed by atoms with Crippen molar-refractivity contribution in [3.05, 3.63) is 87.6 Å². The van der Waals surface area contributed by atoms with Crippen molar-refractivity contribution in [2.24, 2.45) is 0 Å². The predicted molar refractivity (Wildman–Crippen MR) is 103 cm³/mol. The van der Waals surface area contributed by atoms with E-state index in [1.54, 1.807) is 19.1 Å². The summed E-state index contributed by atoms with van der Waals surface area (Å²) < 4.78 is 5.80. The number of carbonyl (C=O) groups is 1. The monoisotopic (exact) mass is 362 g/mol. The highest BCUT2D eigenvalue weighted by atomic mass is 16.5. The van der Waals surface area contributed by atoms with Crippen LogP contribution in [-0.4, -0.2) is 21.0 Å². The van der Waals surface area contributed by atoms with Gasteiger partial charge in [0.05, 0.1) is 6.42 Å². The number of carboxylic acid groups (broad SMARTS) is 1. The zero-order chi connectivity index (χ0) is 19.2. The van der Waals surface area contributed by atoms with E-state index in [4.69, 9.17) is 9.84 Å². The van der Waals surface area contributed by atoms with Crippen LogP contribution in [0.2, 0.25) is 0 Å². The lowest BCUT2D eigenvalue weighted by Gasteiger charge is -2.06. The van der Waals surface area contributed by atoms with Gasteiger partial charge in [-0.3, -0.25) is 9.59 Å². The minimum atomic E-state index is -1.07. The first kappa shape index (κ1) is 18.1. The topological polar surface area (TPSA) is 92.3 Å². The molecule has 2 aromatic carbocycles. The van der Waals surface area contributed by atoms with Gasteiger partial charge in [0.25, 0.3) is 5.56 Å². The Labute approximate surface area is 155 Å². The lowest BCUT2D eigenvalue weighted by atomic mass is 10.1. The van der Waals surface area contributed by atoms with E-state index in [-0.39, 0.29) is 12.0 Å². The molecule has 0 radical (unpaired) electrons. The highest BCUT2D eigenvalue weighted by Gasteiger charge is 2.10. The molecule has 1 heterocycles. The molecule has 0 fully saturated rings. The van der Waals surface area contributed by atoms with E-state index in [9.17, 15) is 9.59 Å². The summed E-state index contributed by atoms with van der Waals surface area (Å²) in [5.74, 6) is 0.733. The average Bonchev–Trinajstić information content (AvgIpc) is 2.64. The Morgan fingerprint density at radius 2 is 1.85 bits per heavy atom. The van der Waals surface area contributed by atoms with Crippen LogP contribution in [0, 0.1) is 6.92 Å². The summed E-state index contributed by atoms with van der Waals surface area (Å²) in [5.41, 5.74) is 1.00. The van der Waals surface area contributed by atoms with Gasteiger partial charge in [-0.2, -0.15) is 0 Å². The first-order chi connectivity index (χ1) is 13.0. The largest absolute Gasteiger partial charge is 0.481 e. The molecule has 0 bridgehead atoms. The van der Waals surface area contributed by atoms with Gasteiger partial charge in [-0.25, -0.2) is 4.98 Å². The normalized spacial score (nSPS) is 10.9. The van der Waals surface area contributed by atoms with Crippen molar-refractivity contribution in [3.8, 4) is 11.5 Å². The van der Waals surface area contributed by atoms with Gasteiger partial charge in [0.2, 0.25) is 0 Å². The fourth-order valence-corrected chi connectivity index (χ4v) is 2.55. The zero-order valence-electron chi connectivity index (χ0n) is 14.7. The average molecular weight is 362 g/mol. The Balaban J connectivity index is 1.79. The number of nitrogens with zero attached hydrogens (tertiary/aromatic N) is 1. The van der Waals surface area contributed by atoms with Gasteiger partial charge in [0.1, 0.15) is 17.3 Å². The molecule has 2 N–H and O–H groups in total. The summed E-state index contributed by atoms with van der Waals surface area (Å²) in [7, 11) is 0. The highest BCUT2D eigenvalue weighted by molar-refractivity contribution is 5.71. The van der Waals surface area contributed by atoms with E-state index in [2.05, 4.69) is 9.97 Å². The van der Waals surface area contributed by atoms with Gasteiger partial charge in [0, 0.05) is 11.3 Å². The molecular weight excluding hydrogens is 344 g/mol. The third-order valence-electron chi connectivity index (χ3n) is 3.84. The van der Waals surface area contributed by atoms with E-state index >= 15 is 0 Å². The third-order valence-corrected chi connectivity index (χ3v) is 3.84. The van der Waals surface area contributed by atoms with Gasteiger partial charge < -0.3 is 14.8 Å². The summed E-state index contributed by atoms with van der Waals surface area (Å²) >= 11 is 0. The SMILES string of the molecule is Cc1nc(/C=C/c2cccc(Oc3ccccc3)c2)[nH]c(=O)c1CC(=O)O. The molecule has 0 aliphatic rings. The van der Waals surface area contributed by atoms with Crippen molar-refractivity contribution < 1.29 is 14.6 Å². The Morgan fingerprint density at radius 3 is 2.56 bits per heavy atom. The lowest BCUT2D eigenvalue weighted by Crippen LogP contribution is -2.20. The highest BCUT2D eigenvalue weighted by Crippen LogP contribution is 2.22. The number of ether oxygens (including phenoxy) is 1. The predicted octanol–water partition coefficient (Wildman–Crippen LogP) is 3.67. The first-order valence-corrected chi connectivity index (χ1v) is 8.34. The minimum Gasteiger partial charge on any atom is -0.481 e. The molecule has 0 atom stereocenters. The van der Waals surface area contributed by atoms with Crippen LogP contribution in [-0.2, 0) is 11.2 Å². The fourth-order valence-electron chi connectivity index (χ4n) is 2.55. The molecular formula is C21H18N2O4. The van der Waals surface area contributed by atoms with E-state index < -0.39 is 11.5 Å². The summed E-state index contributed by atoms with van der Waals surface area (Å²) in [6.45, 7) is 1.62. The Bertz CT molecular complexity index is 1040. The van der Waals surface area contributed by atoms with Crippen molar-refractivity contribution in [1.29, 1.82) is 0 Å². The molecule has 3 rings (SSSR count). The van der Waals surface area contributed by atoms with Crippen molar-refractivity contribution in [2.45, 2.75) is 13.3 Å². The minimum absolute atomic E-state index is 0.165. The third kappa shape index (κ3) is 4.92. The molecule has 0 aliphatic carbocycles. The molecule has 0 spiro atoms. The molecule has 6 nitrogen and oxygen atoms in total. The summed E-state index contributed by atoms with van der Waals surface area (Å²) in [4.78, 5) is 29.7. The standard InChI is InChI=1S/C21H18N2O4/c1-14-18(13-20(24)25)21(26)23-19(22-14)11-10-15-6-5-9-17(12-15)27-16-7-3-2-4-8-16/h2-12H,13H2,1H3,(H,24,25)(H,22,23,26)/b11-10+. The van der Waals surface area contributed by atoms with Crippen LogP contribution < -0.4 is 10.3 Å². The number of hydrogen-bond acceptors (Lipinski definition) is 4. The van der Waals surface area contributed by atoms with Crippen molar-refractivity contribution >= 4 is 18.1 Å². The maximum Gasteiger partial charge on any atom is 0.308 e. The zero-order valence-corrected chi connectivity index (χ0v) is 14.7. The van der Waals surface area contributed by atoms with E-state index in [0.29, 0.717) is 17.3 Å². The van der Waals surface area contributed by atoms with Crippen molar-refractivity contribution in [1.82, 2.24) is 9.97 Å². The van der Waals surface area contributed by atoms with Crippen LogP contribution in [0.15, 0.2) is 59.4 Å². The number of rotatable bonds is 6. The maximum absolute atomic E-state index is 12.1. The quantitative estimate of drug-likeness (QED) is 0.698. The number of aromatic amines is 1. The lowest BCUT2D eigenvalue weighted by molar-refractivity contribution is -0.136. The summed E-state index contributed by atoms with van der Waals surface area (Å²) in [6.07, 6.45) is 3.12. The molecule has 0 saturated heterocycles. The van der Waals surface area contributed by atoms with E-state index in [0.717, 1.165) is 11.3 Å². The number of hydrogen-bond donors (Lipinski definition) is 2. The van der Waals surface area contributed by atoms with Crippen LogP contribution in [0.1, 0.15) is 22.6 Å². The maximum atomic E-state index is 12.1. The molecule has 136 valence electrons. The number of carboxylic acids is 1. The van der Waals surface area contributed by atoms with Gasteiger partial charge in [-0.1, -0.05) is 36.4 Å². The molecule has 0 aliphatic heterocycles. The second kappa shape index (κ2) is 8.14. The Morgan fingerprint density at radius 1 is 1.11 bits per heavy atom. The second-order valence-electron chi connectivity index (χ2n) is 5.91. The number of aryl methyl sites for hydroxylation is 1. The number of aliphatic carboxylic acids is 1. The molecule has 3 aromatic rings. The number of benzene rings is 2.